The second-order valence-corrected chi connectivity index (χ2v) is 4.47. The van der Waals surface area contributed by atoms with Crippen LogP contribution in [0.25, 0.3) is 0 Å². The Bertz CT molecular complexity index is 291. The molecule has 0 aliphatic carbocycles. The van der Waals surface area contributed by atoms with Crippen molar-refractivity contribution < 1.29 is 0 Å². The SMILES string of the molecule is CCn1nccc1C(C)C(C)NC(C)C. The lowest BCUT2D eigenvalue weighted by Crippen LogP contribution is -2.36. The van der Waals surface area contributed by atoms with E-state index >= 15 is 0 Å². The Morgan fingerprint density at radius 2 is 2.00 bits per heavy atom. The van der Waals surface area contributed by atoms with Crippen LogP contribution in [0.4, 0.5) is 0 Å². The molecule has 0 aromatic carbocycles. The first-order valence-corrected chi connectivity index (χ1v) is 5.84. The molecule has 86 valence electrons. The van der Waals surface area contributed by atoms with Gasteiger partial charge in [0.25, 0.3) is 0 Å². The van der Waals surface area contributed by atoms with E-state index in [0.29, 0.717) is 18.0 Å². The Hall–Kier alpha value is -0.830. The summed E-state index contributed by atoms with van der Waals surface area (Å²) < 4.78 is 2.07. The zero-order valence-corrected chi connectivity index (χ0v) is 10.5. The number of rotatable bonds is 5. The molecule has 0 saturated carbocycles. The number of aryl methyl sites for hydroxylation is 1. The summed E-state index contributed by atoms with van der Waals surface area (Å²) in [6.07, 6.45) is 1.89. The summed E-state index contributed by atoms with van der Waals surface area (Å²) in [5, 5.41) is 7.85. The molecule has 3 heteroatoms. The fourth-order valence-corrected chi connectivity index (χ4v) is 1.92. The van der Waals surface area contributed by atoms with E-state index in [1.54, 1.807) is 0 Å². The van der Waals surface area contributed by atoms with Crippen LogP contribution in [-0.4, -0.2) is 21.9 Å². The average Bonchev–Trinajstić information content (AvgIpc) is 2.62. The number of hydrogen-bond donors (Lipinski definition) is 1. The van der Waals surface area contributed by atoms with Gasteiger partial charge in [0, 0.05) is 36.4 Å². The highest BCUT2D eigenvalue weighted by Gasteiger charge is 2.17. The number of nitrogens with zero attached hydrogens (tertiary/aromatic N) is 2. The molecular formula is C12H23N3. The highest BCUT2D eigenvalue weighted by Crippen LogP contribution is 2.18. The van der Waals surface area contributed by atoms with E-state index in [0.717, 1.165) is 6.54 Å². The fraction of sp³-hybridized carbons (Fsp3) is 0.750. The zero-order valence-electron chi connectivity index (χ0n) is 10.5. The number of nitrogens with one attached hydrogen (secondary N) is 1. The third kappa shape index (κ3) is 3.06. The van der Waals surface area contributed by atoms with E-state index in [2.05, 4.69) is 55.8 Å². The lowest BCUT2D eigenvalue weighted by molar-refractivity contribution is 0.420. The first-order chi connectivity index (χ1) is 7.06. The Kier molecular flexibility index (Phi) is 4.33. The monoisotopic (exact) mass is 209 g/mol. The Morgan fingerprint density at radius 3 is 2.53 bits per heavy atom. The Balaban J connectivity index is 2.70. The van der Waals surface area contributed by atoms with E-state index in [-0.39, 0.29) is 0 Å². The molecule has 0 radical (unpaired) electrons. The van der Waals surface area contributed by atoms with E-state index in [1.165, 1.54) is 5.69 Å². The molecule has 0 aliphatic heterocycles. The normalized spacial score (nSPS) is 15.6. The van der Waals surface area contributed by atoms with Crippen molar-refractivity contribution in [3.8, 4) is 0 Å². The van der Waals surface area contributed by atoms with E-state index in [9.17, 15) is 0 Å². The summed E-state index contributed by atoms with van der Waals surface area (Å²) in [6.45, 7) is 11.9. The van der Waals surface area contributed by atoms with E-state index in [4.69, 9.17) is 0 Å². The van der Waals surface area contributed by atoms with Crippen LogP contribution in [0.5, 0.6) is 0 Å². The van der Waals surface area contributed by atoms with Gasteiger partial charge in [0.2, 0.25) is 0 Å². The molecule has 0 fully saturated rings. The molecule has 1 rings (SSSR count). The van der Waals surface area contributed by atoms with Crippen molar-refractivity contribution in [2.45, 2.75) is 59.2 Å². The number of hydrogen-bond acceptors (Lipinski definition) is 2. The minimum atomic E-state index is 0.479. The van der Waals surface area contributed by atoms with Crippen molar-refractivity contribution in [1.29, 1.82) is 0 Å². The molecule has 0 aliphatic rings. The molecule has 2 unspecified atom stereocenters. The summed E-state index contributed by atoms with van der Waals surface area (Å²) in [7, 11) is 0. The molecule has 1 aromatic heterocycles. The van der Waals surface area contributed by atoms with Gasteiger partial charge in [-0.1, -0.05) is 20.8 Å². The lowest BCUT2D eigenvalue weighted by atomic mass is 9.99. The smallest absolute Gasteiger partial charge is 0.0492 e. The summed E-state index contributed by atoms with van der Waals surface area (Å²) in [6, 6.07) is 3.12. The van der Waals surface area contributed by atoms with Crippen LogP contribution >= 0.6 is 0 Å². The fourth-order valence-electron chi connectivity index (χ4n) is 1.92. The zero-order chi connectivity index (χ0) is 11.4. The average molecular weight is 209 g/mol. The topological polar surface area (TPSA) is 29.9 Å². The molecule has 2 atom stereocenters. The molecule has 15 heavy (non-hydrogen) atoms. The molecular weight excluding hydrogens is 186 g/mol. The van der Waals surface area contributed by atoms with Crippen LogP contribution in [0.1, 0.15) is 46.2 Å². The predicted octanol–water partition coefficient (Wildman–Crippen LogP) is 2.39. The standard InChI is InChI=1S/C12H23N3/c1-6-15-12(7-8-13-15)10(4)11(5)14-9(2)3/h7-11,14H,6H2,1-5H3. The maximum Gasteiger partial charge on any atom is 0.0492 e. The van der Waals surface area contributed by atoms with Crippen LogP contribution in [-0.2, 0) is 6.54 Å². The highest BCUT2D eigenvalue weighted by molar-refractivity contribution is 5.09. The molecule has 3 nitrogen and oxygen atoms in total. The molecule has 1 N–H and O–H groups in total. The van der Waals surface area contributed by atoms with Gasteiger partial charge in [-0.05, 0) is 19.9 Å². The molecule has 1 aromatic rings. The predicted molar refractivity (Wildman–Crippen MR) is 64.0 cm³/mol. The maximum absolute atomic E-state index is 4.31. The molecule has 0 saturated heterocycles. The minimum absolute atomic E-state index is 0.479. The largest absolute Gasteiger partial charge is 0.311 e. The lowest BCUT2D eigenvalue weighted by Gasteiger charge is -2.24. The van der Waals surface area contributed by atoms with Crippen molar-refractivity contribution in [2.24, 2.45) is 0 Å². The molecule has 0 bridgehead atoms. The Labute approximate surface area is 92.9 Å². The second-order valence-electron chi connectivity index (χ2n) is 4.47. The van der Waals surface area contributed by atoms with Gasteiger partial charge in [-0.25, -0.2) is 0 Å². The van der Waals surface area contributed by atoms with Gasteiger partial charge in [0.15, 0.2) is 0 Å². The van der Waals surface area contributed by atoms with Crippen LogP contribution in [0.3, 0.4) is 0 Å². The Morgan fingerprint density at radius 1 is 1.33 bits per heavy atom. The van der Waals surface area contributed by atoms with Gasteiger partial charge in [0.05, 0.1) is 0 Å². The van der Waals surface area contributed by atoms with Crippen molar-refractivity contribution in [2.75, 3.05) is 0 Å². The first-order valence-electron chi connectivity index (χ1n) is 5.84. The third-order valence-electron chi connectivity index (χ3n) is 2.86. The maximum atomic E-state index is 4.31. The van der Waals surface area contributed by atoms with Crippen LogP contribution in [0.2, 0.25) is 0 Å². The molecule has 0 spiro atoms. The second kappa shape index (κ2) is 5.31. The highest BCUT2D eigenvalue weighted by atomic mass is 15.3. The third-order valence-corrected chi connectivity index (χ3v) is 2.86. The van der Waals surface area contributed by atoms with Crippen LogP contribution in [0, 0.1) is 0 Å². The van der Waals surface area contributed by atoms with Crippen molar-refractivity contribution >= 4 is 0 Å². The van der Waals surface area contributed by atoms with Crippen molar-refractivity contribution in [3.63, 3.8) is 0 Å². The molecule has 1 heterocycles. The van der Waals surface area contributed by atoms with Gasteiger partial charge in [-0.2, -0.15) is 5.10 Å². The summed E-state index contributed by atoms with van der Waals surface area (Å²) >= 11 is 0. The minimum Gasteiger partial charge on any atom is -0.311 e. The van der Waals surface area contributed by atoms with Crippen LogP contribution in [0.15, 0.2) is 12.3 Å². The summed E-state index contributed by atoms with van der Waals surface area (Å²) in [5.41, 5.74) is 1.32. The van der Waals surface area contributed by atoms with Gasteiger partial charge in [-0.3, -0.25) is 4.68 Å². The number of aromatic nitrogens is 2. The van der Waals surface area contributed by atoms with Gasteiger partial charge < -0.3 is 5.32 Å². The van der Waals surface area contributed by atoms with Crippen molar-refractivity contribution in [1.82, 2.24) is 15.1 Å². The molecule has 0 amide bonds. The summed E-state index contributed by atoms with van der Waals surface area (Å²) in [5.74, 6) is 0.495. The van der Waals surface area contributed by atoms with E-state index < -0.39 is 0 Å². The first kappa shape index (κ1) is 12.2. The van der Waals surface area contributed by atoms with Crippen LogP contribution < -0.4 is 5.32 Å². The van der Waals surface area contributed by atoms with Gasteiger partial charge in [0.1, 0.15) is 0 Å². The van der Waals surface area contributed by atoms with E-state index in [1.807, 2.05) is 6.20 Å². The van der Waals surface area contributed by atoms with Gasteiger partial charge in [-0.15, -0.1) is 0 Å². The van der Waals surface area contributed by atoms with Gasteiger partial charge >= 0.3 is 0 Å². The quantitative estimate of drug-likeness (QED) is 0.807. The van der Waals surface area contributed by atoms with Crippen molar-refractivity contribution in [3.05, 3.63) is 18.0 Å². The summed E-state index contributed by atoms with van der Waals surface area (Å²) in [4.78, 5) is 0.